The van der Waals surface area contributed by atoms with Crippen LogP contribution in [0.3, 0.4) is 0 Å². The number of carbonyl (C=O) groups is 1. The van der Waals surface area contributed by atoms with Gasteiger partial charge in [-0.3, -0.25) is 4.72 Å². The summed E-state index contributed by atoms with van der Waals surface area (Å²) in [5.74, 6) is -0.548. The van der Waals surface area contributed by atoms with Gasteiger partial charge in [-0.2, -0.15) is 0 Å². The number of nitrogens with one attached hydrogen (secondary N) is 1. The Kier molecular flexibility index (Phi) is 7.71. The molecule has 0 amide bonds. The molecule has 0 saturated heterocycles. The van der Waals surface area contributed by atoms with Crippen molar-refractivity contribution < 1.29 is 22.7 Å². The summed E-state index contributed by atoms with van der Waals surface area (Å²) in [5.41, 5.74) is 2.50. The van der Waals surface area contributed by atoms with Gasteiger partial charge in [0.1, 0.15) is 6.61 Å². The Hall–Kier alpha value is -1.90. The number of esters is 1. The average molecular weight is 498 g/mol. The highest BCUT2D eigenvalue weighted by molar-refractivity contribution is 9.10. The molecule has 6 nitrogen and oxygen atoms in total. The molecule has 2 aromatic carbocycles. The van der Waals surface area contributed by atoms with E-state index >= 15 is 0 Å². The fourth-order valence-corrected chi connectivity index (χ4v) is 4.14. The van der Waals surface area contributed by atoms with Crippen LogP contribution in [0.2, 0.25) is 0 Å². The van der Waals surface area contributed by atoms with Gasteiger partial charge in [0.05, 0.1) is 17.5 Å². The highest BCUT2D eigenvalue weighted by Crippen LogP contribution is 2.39. The van der Waals surface area contributed by atoms with Crippen molar-refractivity contribution >= 4 is 37.6 Å². The molecule has 0 aliphatic heterocycles. The number of ether oxygens (including phenoxy) is 2. The highest BCUT2D eigenvalue weighted by atomic mass is 79.9. The Balaban J connectivity index is 2.49. The second-order valence-corrected chi connectivity index (χ2v) is 10.7. The molecule has 0 fully saturated rings. The van der Waals surface area contributed by atoms with Gasteiger partial charge >= 0.3 is 5.97 Å². The van der Waals surface area contributed by atoms with Gasteiger partial charge < -0.3 is 9.47 Å². The number of anilines is 1. The lowest BCUT2D eigenvalue weighted by Gasteiger charge is -2.29. The molecule has 0 aromatic heterocycles. The van der Waals surface area contributed by atoms with E-state index in [1.807, 2.05) is 58.0 Å². The maximum absolute atomic E-state index is 13.1. The lowest BCUT2D eigenvalue weighted by Crippen LogP contribution is -2.30. The fourth-order valence-electron chi connectivity index (χ4n) is 2.91. The summed E-state index contributed by atoms with van der Waals surface area (Å²) >= 11 is 3.55. The quantitative estimate of drug-likeness (QED) is 0.542. The molecule has 2 rings (SSSR count). The molecule has 0 bridgehead atoms. The fraction of sp³-hybridized carbons (Fsp3) is 0.409. The first-order valence-corrected chi connectivity index (χ1v) is 12.1. The maximum atomic E-state index is 13.1. The van der Waals surface area contributed by atoms with Gasteiger partial charge in [0.15, 0.2) is 6.10 Å². The number of benzene rings is 2. The zero-order valence-corrected chi connectivity index (χ0v) is 20.5. The predicted molar refractivity (Wildman–Crippen MR) is 122 cm³/mol. The maximum Gasteiger partial charge on any atom is 0.340 e. The Labute approximate surface area is 187 Å². The molecule has 164 valence electrons. The van der Waals surface area contributed by atoms with Crippen LogP contribution in [0.4, 0.5) is 5.69 Å². The van der Waals surface area contributed by atoms with Crippen LogP contribution < -0.4 is 4.72 Å². The summed E-state index contributed by atoms with van der Waals surface area (Å²) in [6.45, 7) is 9.22. The molecular formula is C22H28BrNO5S. The van der Waals surface area contributed by atoms with Crippen molar-refractivity contribution in [2.45, 2.75) is 52.9 Å². The number of halogens is 1. The van der Waals surface area contributed by atoms with Gasteiger partial charge in [-0.25, -0.2) is 13.2 Å². The minimum Gasteiger partial charge on any atom is -0.459 e. The lowest BCUT2D eigenvalue weighted by molar-refractivity contribution is -0.168. The number of aryl methyl sites for hydroxylation is 1. The summed E-state index contributed by atoms with van der Waals surface area (Å²) < 4.78 is 38.5. The third kappa shape index (κ3) is 6.82. The third-order valence-corrected chi connectivity index (χ3v) is 5.86. The molecular weight excluding hydrogens is 470 g/mol. The van der Waals surface area contributed by atoms with E-state index in [0.717, 1.165) is 17.4 Å². The van der Waals surface area contributed by atoms with Crippen molar-refractivity contribution in [3.05, 3.63) is 63.1 Å². The van der Waals surface area contributed by atoms with E-state index in [2.05, 4.69) is 20.7 Å². The Morgan fingerprint density at radius 3 is 2.30 bits per heavy atom. The first-order valence-electron chi connectivity index (χ1n) is 9.44. The van der Waals surface area contributed by atoms with E-state index in [1.165, 1.54) is 0 Å². The first kappa shape index (κ1) is 24.4. The van der Waals surface area contributed by atoms with Crippen LogP contribution in [0, 0.1) is 13.8 Å². The highest BCUT2D eigenvalue weighted by Gasteiger charge is 2.33. The SMILES string of the molecule is Cc1cc(NS(C)(=O)=O)c(C)c([C@H](OC(C)(C)C)C(=O)OCc2ccccc2)c1Br. The van der Waals surface area contributed by atoms with Gasteiger partial charge in [-0.1, -0.05) is 46.3 Å². The minimum absolute atomic E-state index is 0.112. The second kappa shape index (κ2) is 9.49. The topological polar surface area (TPSA) is 81.7 Å². The van der Waals surface area contributed by atoms with Gasteiger partial charge in [-0.05, 0) is 57.4 Å². The minimum atomic E-state index is -3.50. The zero-order valence-electron chi connectivity index (χ0n) is 18.1. The van der Waals surface area contributed by atoms with Gasteiger partial charge in [0.25, 0.3) is 0 Å². The smallest absolute Gasteiger partial charge is 0.340 e. The molecule has 0 heterocycles. The molecule has 1 N–H and O–H groups in total. The van der Waals surface area contributed by atoms with E-state index in [0.29, 0.717) is 21.3 Å². The molecule has 0 aliphatic rings. The molecule has 0 unspecified atom stereocenters. The summed E-state index contributed by atoms with van der Waals surface area (Å²) in [6, 6.07) is 11.1. The van der Waals surface area contributed by atoms with Crippen molar-refractivity contribution in [2.75, 3.05) is 11.0 Å². The standard InChI is InChI=1S/C22H28BrNO5S/c1-14-12-17(24-30(6,26)27)15(2)18(19(14)23)20(29-22(3,4)5)21(25)28-13-16-10-8-7-9-11-16/h7-12,20,24H,13H2,1-6H3/t20-/m0/s1. The van der Waals surface area contributed by atoms with Crippen LogP contribution in [-0.2, 0) is 30.9 Å². The molecule has 1 atom stereocenters. The lowest BCUT2D eigenvalue weighted by atomic mass is 9.98. The molecule has 8 heteroatoms. The van der Waals surface area contributed by atoms with Crippen LogP contribution in [-0.4, -0.2) is 26.2 Å². The zero-order chi connectivity index (χ0) is 22.7. The average Bonchev–Trinajstić information content (AvgIpc) is 2.62. The first-order chi connectivity index (χ1) is 13.8. The number of rotatable bonds is 7. The summed E-state index contributed by atoms with van der Waals surface area (Å²) in [5, 5.41) is 0. The van der Waals surface area contributed by atoms with Crippen LogP contribution in [0.15, 0.2) is 40.9 Å². The summed E-state index contributed by atoms with van der Waals surface area (Å²) in [4.78, 5) is 13.1. The molecule has 30 heavy (non-hydrogen) atoms. The van der Waals surface area contributed by atoms with Crippen molar-refractivity contribution in [3.63, 3.8) is 0 Å². The monoisotopic (exact) mass is 497 g/mol. The van der Waals surface area contributed by atoms with E-state index in [1.54, 1.807) is 13.0 Å². The second-order valence-electron chi connectivity index (χ2n) is 8.17. The summed E-state index contributed by atoms with van der Waals surface area (Å²) in [6.07, 6.45) is 0.0453. The van der Waals surface area contributed by atoms with Gasteiger partial charge in [0, 0.05) is 10.0 Å². The Morgan fingerprint density at radius 2 is 1.77 bits per heavy atom. The number of sulfonamides is 1. The van der Waals surface area contributed by atoms with Gasteiger partial charge in [-0.15, -0.1) is 0 Å². The number of hydrogen-bond acceptors (Lipinski definition) is 5. The Morgan fingerprint density at radius 1 is 1.17 bits per heavy atom. The largest absolute Gasteiger partial charge is 0.459 e. The van der Waals surface area contributed by atoms with Crippen molar-refractivity contribution in [1.29, 1.82) is 0 Å². The molecule has 0 saturated carbocycles. The van der Waals surface area contributed by atoms with Crippen LogP contribution in [0.1, 0.15) is 49.1 Å². The molecule has 2 aromatic rings. The van der Waals surface area contributed by atoms with Gasteiger partial charge in [0.2, 0.25) is 10.0 Å². The van der Waals surface area contributed by atoms with Crippen molar-refractivity contribution in [1.82, 2.24) is 0 Å². The third-order valence-electron chi connectivity index (χ3n) is 4.22. The molecule has 0 radical (unpaired) electrons. The van der Waals surface area contributed by atoms with E-state index in [-0.39, 0.29) is 6.61 Å². The Bertz CT molecular complexity index is 1010. The van der Waals surface area contributed by atoms with E-state index < -0.39 is 27.7 Å². The predicted octanol–water partition coefficient (Wildman–Crippen LogP) is 5.04. The normalized spacial score (nSPS) is 13.0. The van der Waals surface area contributed by atoms with Crippen LogP contribution in [0.5, 0.6) is 0 Å². The number of carbonyl (C=O) groups excluding carboxylic acids is 1. The van der Waals surface area contributed by atoms with E-state index in [9.17, 15) is 13.2 Å². The van der Waals surface area contributed by atoms with Crippen LogP contribution >= 0.6 is 15.9 Å². The van der Waals surface area contributed by atoms with Crippen molar-refractivity contribution in [2.24, 2.45) is 0 Å². The summed E-state index contributed by atoms with van der Waals surface area (Å²) in [7, 11) is -3.50. The van der Waals surface area contributed by atoms with Crippen molar-refractivity contribution in [3.8, 4) is 0 Å². The number of hydrogen-bond donors (Lipinski definition) is 1. The molecule has 0 spiro atoms. The van der Waals surface area contributed by atoms with E-state index in [4.69, 9.17) is 9.47 Å². The molecule has 0 aliphatic carbocycles. The van der Waals surface area contributed by atoms with Crippen LogP contribution in [0.25, 0.3) is 0 Å².